The number of carbonyl (C=O) groups is 1. The van der Waals surface area contributed by atoms with Gasteiger partial charge in [0.15, 0.2) is 0 Å². The Bertz CT molecular complexity index is 680. The number of hydrogen-bond acceptors (Lipinski definition) is 3. The van der Waals surface area contributed by atoms with E-state index in [-0.39, 0.29) is 16.9 Å². The topological polar surface area (TPSA) is 65.8 Å². The number of nitrogens with one attached hydrogen (secondary N) is 1. The summed E-state index contributed by atoms with van der Waals surface area (Å²) in [5.41, 5.74) is 0.0815. The molecule has 6 heteroatoms. The monoisotopic (exact) mass is 259 g/mol. The largest absolute Gasteiger partial charge is 0.318 e. The molecule has 0 aliphatic carbocycles. The van der Waals surface area contributed by atoms with Crippen molar-refractivity contribution in [1.29, 1.82) is 5.26 Å². The molecular formula is C13H7F2N3O. The van der Waals surface area contributed by atoms with Gasteiger partial charge in [0.05, 0.1) is 17.3 Å². The Morgan fingerprint density at radius 2 is 2.05 bits per heavy atom. The van der Waals surface area contributed by atoms with Crippen LogP contribution in [0.2, 0.25) is 0 Å². The summed E-state index contributed by atoms with van der Waals surface area (Å²) in [4.78, 5) is 15.5. The quantitative estimate of drug-likeness (QED) is 0.901. The van der Waals surface area contributed by atoms with Crippen LogP contribution in [-0.4, -0.2) is 10.9 Å². The highest BCUT2D eigenvalue weighted by molar-refractivity contribution is 6.03. The van der Waals surface area contributed by atoms with Crippen molar-refractivity contribution in [2.24, 2.45) is 0 Å². The molecule has 0 unspecified atom stereocenters. The Hall–Kier alpha value is -2.81. The van der Waals surface area contributed by atoms with Gasteiger partial charge >= 0.3 is 0 Å². The highest BCUT2D eigenvalue weighted by Crippen LogP contribution is 2.15. The lowest BCUT2D eigenvalue weighted by molar-refractivity contribution is 0.102. The van der Waals surface area contributed by atoms with Crippen LogP contribution in [0.25, 0.3) is 0 Å². The molecule has 0 aliphatic rings. The summed E-state index contributed by atoms with van der Waals surface area (Å²) >= 11 is 0. The van der Waals surface area contributed by atoms with Crippen molar-refractivity contribution in [3.05, 3.63) is 59.4 Å². The van der Waals surface area contributed by atoms with E-state index in [1.807, 2.05) is 6.07 Å². The molecule has 1 heterocycles. The summed E-state index contributed by atoms with van der Waals surface area (Å²) in [7, 11) is 0. The van der Waals surface area contributed by atoms with Gasteiger partial charge in [0.25, 0.3) is 5.91 Å². The second-order valence-corrected chi connectivity index (χ2v) is 3.62. The van der Waals surface area contributed by atoms with E-state index < -0.39 is 17.5 Å². The van der Waals surface area contributed by atoms with Gasteiger partial charge < -0.3 is 5.32 Å². The van der Waals surface area contributed by atoms with Crippen LogP contribution in [0.5, 0.6) is 0 Å². The van der Waals surface area contributed by atoms with Crippen LogP contribution in [0.1, 0.15) is 16.1 Å². The second kappa shape index (κ2) is 5.23. The predicted molar refractivity (Wildman–Crippen MR) is 63.3 cm³/mol. The number of anilines is 1. The first-order chi connectivity index (χ1) is 9.10. The molecule has 19 heavy (non-hydrogen) atoms. The summed E-state index contributed by atoms with van der Waals surface area (Å²) in [6.07, 6.45) is 1.30. The number of rotatable bonds is 2. The van der Waals surface area contributed by atoms with Gasteiger partial charge in [-0.1, -0.05) is 0 Å². The van der Waals surface area contributed by atoms with Gasteiger partial charge in [-0.25, -0.2) is 8.78 Å². The molecule has 0 bridgehead atoms. The molecule has 0 atom stereocenters. The number of hydrogen-bond donors (Lipinski definition) is 1. The Labute approximate surface area is 107 Å². The molecule has 0 aliphatic heterocycles. The van der Waals surface area contributed by atoms with Crippen LogP contribution in [0.4, 0.5) is 14.5 Å². The maximum absolute atomic E-state index is 13.3. The normalized spacial score (nSPS) is 9.74. The van der Waals surface area contributed by atoms with Crippen LogP contribution < -0.4 is 5.32 Å². The lowest BCUT2D eigenvalue weighted by Crippen LogP contribution is -2.14. The predicted octanol–water partition coefficient (Wildman–Crippen LogP) is 2.48. The molecule has 4 nitrogen and oxygen atoms in total. The third kappa shape index (κ3) is 2.90. The molecule has 2 rings (SSSR count). The number of aromatic nitrogens is 1. The van der Waals surface area contributed by atoms with Gasteiger partial charge in [-0.3, -0.25) is 9.78 Å². The number of benzene rings is 1. The average Bonchev–Trinajstić information content (AvgIpc) is 2.42. The van der Waals surface area contributed by atoms with Gasteiger partial charge in [-0.2, -0.15) is 5.26 Å². The van der Waals surface area contributed by atoms with E-state index in [0.29, 0.717) is 6.07 Å². The van der Waals surface area contributed by atoms with E-state index in [9.17, 15) is 13.6 Å². The van der Waals surface area contributed by atoms with E-state index in [2.05, 4.69) is 10.3 Å². The molecule has 0 fully saturated rings. The van der Waals surface area contributed by atoms with Crippen molar-refractivity contribution in [2.45, 2.75) is 0 Å². The first kappa shape index (κ1) is 12.6. The standard InChI is InChI=1S/C13H7F2N3O/c14-9-1-2-11(10(15)6-9)18-13(19)12-5-8(7-16)3-4-17-12/h1-6H,(H,18,19). The van der Waals surface area contributed by atoms with Crippen molar-refractivity contribution >= 4 is 11.6 Å². The van der Waals surface area contributed by atoms with Crippen molar-refractivity contribution in [3.8, 4) is 6.07 Å². The maximum Gasteiger partial charge on any atom is 0.274 e. The van der Waals surface area contributed by atoms with Crippen LogP contribution >= 0.6 is 0 Å². The minimum Gasteiger partial charge on any atom is -0.318 e. The Balaban J connectivity index is 2.23. The lowest BCUT2D eigenvalue weighted by atomic mass is 10.2. The molecule has 0 radical (unpaired) electrons. The Morgan fingerprint density at radius 1 is 1.26 bits per heavy atom. The number of nitrogens with zero attached hydrogens (tertiary/aromatic N) is 2. The second-order valence-electron chi connectivity index (χ2n) is 3.62. The van der Waals surface area contributed by atoms with Gasteiger partial charge in [0.1, 0.15) is 17.3 Å². The first-order valence-electron chi connectivity index (χ1n) is 5.22. The summed E-state index contributed by atoms with van der Waals surface area (Å²) < 4.78 is 26.1. The van der Waals surface area contributed by atoms with E-state index in [1.165, 1.54) is 18.3 Å². The van der Waals surface area contributed by atoms with E-state index in [1.54, 1.807) is 0 Å². The van der Waals surface area contributed by atoms with E-state index >= 15 is 0 Å². The van der Waals surface area contributed by atoms with Crippen LogP contribution in [0, 0.1) is 23.0 Å². The van der Waals surface area contributed by atoms with Crippen molar-refractivity contribution < 1.29 is 13.6 Å². The molecule has 1 amide bonds. The summed E-state index contributed by atoms with van der Waals surface area (Å²) in [5, 5.41) is 10.9. The third-order valence-corrected chi connectivity index (χ3v) is 2.30. The number of halogens is 2. The molecule has 94 valence electrons. The molecular weight excluding hydrogens is 252 g/mol. The van der Waals surface area contributed by atoms with Gasteiger partial charge in [0.2, 0.25) is 0 Å². The molecule has 2 aromatic rings. The number of nitriles is 1. The molecule has 0 spiro atoms. The zero-order valence-electron chi connectivity index (χ0n) is 9.52. The number of pyridine rings is 1. The summed E-state index contributed by atoms with van der Waals surface area (Å²) in [6, 6.07) is 7.37. The molecule has 0 saturated heterocycles. The molecule has 1 aromatic heterocycles. The van der Waals surface area contributed by atoms with Gasteiger partial charge in [-0.05, 0) is 24.3 Å². The van der Waals surface area contributed by atoms with E-state index in [4.69, 9.17) is 5.26 Å². The fraction of sp³-hybridized carbons (Fsp3) is 0. The fourth-order valence-corrected chi connectivity index (χ4v) is 1.40. The van der Waals surface area contributed by atoms with Crippen molar-refractivity contribution in [1.82, 2.24) is 4.98 Å². The molecule has 0 saturated carbocycles. The number of amides is 1. The summed E-state index contributed by atoms with van der Waals surface area (Å²) in [6.45, 7) is 0. The Morgan fingerprint density at radius 3 is 2.74 bits per heavy atom. The zero-order valence-corrected chi connectivity index (χ0v) is 9.52. The minimum atomic E-state index is -0.884. The average molecular weight is 259 g/mol. The zero-order chi connectivity index (χ0) is 13.8. The maximum atomic E-state index is 13.3. The van der Waals surface area contributed by atoms with Crippen molar-refractivity contribution in [2.75, 3.05) is 5.32 Å². The SMILES string of the molecule is N#Cc1ccnc(C(=O)Nc2ccc(F)cc2F)c1. The van der Waals surface area contributed by atoms with Crippen LogP contribution in [0.3, 0.4) is 0 Å². The minimum absolute atomic E-state index is 0.0252. The first-order valence-corrected chi connectivity index (χ1v) is 5.22. The van der Waals surface area contributed by atoms with Crippen molar-refractivity contribution in [3.63, 3.8) is 0 Å². The Kier molecular flexibility index (Phi) is 3.48. The van der Waals surface area contributed by atoms with Gasteiger partial charge in [-0.15, -0.1) is 0 Å². The highest BCUT2D eigenvalue weighted by atomic mass is 19.1. The molecule has 1 aromatic carbocycles. The third-order valence-electron chi connectivity index (χ3n) is 2.30. The van der Waals surface area contributed by atoms with Crippen LogP contribution in [0.15, 0.2) is 36.5 Å². The highest BCUT2D eigenvalue weighted by Gasteiger charge is 2.11. The van der Waals surface area contributed by atoms with E-state index in [0.717, 1.165) is 12.1 Å². The van der Waals surface area contributed by atoms with Gasteiger partial charge in [0, 0.05) is 12.3 Å². The van der Waals surface area contributed by atoms with Crippen LogP contribution in [-0.2, 0) is 0 Å². The number of carbonyl (C=O) groups excluding carboxylic acids is 1. The summed E-state index contributed by atoms with van der Waals surface area (Å²) in [5.74, 6) is -2.30. The fourth-order valence-electron chi connectivity index (χ4n) is 1.40. The lowest BCUT2D eigenvalue weighted by Gasteiger charge is -2.05. The molecule has 1 N–H and O–H groups in total. The smallest absolute Gasteiger partial charge is 0.274 e.